The normalized spacial score (nSPS) is 17.1. The van der Waals surface area contributed by atoms with E-state index in [1.807, 2.05) is 24.5 Å². The molecule has 4 rings (SSSR count). The minimum absolute atomic E-state index is 0.0178. The molecule has 2 nitrogen and oxygen atoms in total. The van der Waals surface area contributed by atoms with Crippen LogP contribution >= 0.6 is 18.5 Å². The van der Waals surface area contributed by atoms with Gasteiger partial charge in [-0.1, -0.05) is 69.3 Å². The van der Waals surface area contributed by atoms with Gasteiger partial charge in [0.2, 0.25) is 0 Å². The Kier molecular flexibility index (Phi) is 6.25. The standard InChI is InChI=1S/C27H30N2P2/c1-26(2,3)25-21(19-11-5-4-6-12-19)17-20(18-30)24(25)27(31,22-13-7-9-15-28-22)23-14-8-10-16-29-23/h4-17,25H,18,30-31H2,1-3H3. The van der Waals surface area contributed by atoms with Gasteiger partial charge in [-0.05, 0) is 58.1 Å². The first-order valence-electron chi connectivity index (χ1n) is 10.7. The van der Waals surface area contributed by atoms with Crippen LogP contribution in [0.3, 0.4) is 0 Å². The molecule has 0 saturated heterocycles. The van der Waals surface area contributed by atoms with Crippen molar-refractivity contribution < 1.29 is 0 Å². The molecule has 3 aromatic rings. The molecule has 1 aliphatic carbocycles. The van der Waals surface area contributed by atoms with Gasteiger partial charge < -0.3 is 0 Å². The van der Waals surface area contributed by atoms with Gasteiger partial charge in [0.1, 0.15) is 0 Å². The van der Waals surface area contributed by atoms with E-state index in [0.29, 0.717) is 0 Å². The Hall–Kier alpha value is -2.14. The van der Waals surface area contributed by atoms with E-state index in [9.17, 15) is 0 Å². The van der Waals surface area contributed by atoms with Gasteiger partial charge >= 0.3 is 0 Å². The summed E-state index contributed by atoms with van der Waals surface area (Å²) in [4.78, 5) is 9.66. The zero-order valence-corrected chi connectivity index (χ0v) is 20.7. The van der Waals surface area contributed by atoms with Crippen LogP contribution in [0, 0.1) is 11.3 Å². The zero-order valence-electron chi connectivity index (χ0n) is 18.4. The Bertz CT molecular complexity index is 1060. The second-order valence-electron chi connectivity index (χ2n) is 9.15. The van der Waals surface area contributed by atoms with Gasteiger partial charge in [-0.25, -0.2) is 0 Å². The summed E-state index contributed by atoms with van der Waals surface area (Å²) in [7, 11) is 6.09. The van der Waals surface area contributed by atoms with Crippen molar-refractivity contribution in [3.63, 3.8) is 0 Å². The quantitative estimate of drug-likeness (QED) is 0.418. The first kappa shape index (κ1) is 22.1. The molecular weight excluding hydrogens is 414 g/mol. The highest BCUT2D eigenvalue weighted by atomic mass is 31.0. The molecule has 0 amide bonds. The molecule has 4 heteroatoms. The lowest BCUT2D eigenvalue weighted by molar-refractivity contribution is 0.330. The van der Waals surface area contributed by atoms with Gasteiger partial charge in [0, 0.05) is 18.3 Å². The molecule has 0 aliphatic heterocycles. The van der Waals surface area contributed by atoms with Crippen molar-refractivity contribution in [2.24, 2.45) is 11.3 Å². The molecule has 2 aromatic heterocycles. The van der Waals surface area contributed by atoms with Gasteiger partial charge in [-0.15, -0.1) is 18.5 Å². The lowest BCUT2D eigenvalue weighted by Crippen LogP contribution is -2.34. The second-order valence-corrected chi connectivity index (χ2v) is 10.4. The Labute approximate surface area is 190 Å². The maximum atomic E-state index is 4.83. The van der Waals surface area contributed by atoms with E-state index in [-0.39, 0.29) is 11.3 Å². The number of aromatic nitrogens is 2. The van der Waals surface area contributed by atoms with E-state index in [2.05, 4.69) is 99.9 Å². The lowest BCUT2D eigenvalue weighted by Gasteiger charge is -2.41. The number of allylic oxidation sites excluding steroid dienone is 4. The van der Waals surface area contributed by atoms with Crippen molar-refractivity contribution in [2.45, 2.75) is 25.9 Å². The third-order valence-corrected chi connectivity index (χ3v) is 7.37. The molecule has 3 atom stereocenters. The first-order chi connectivity index (χ1) is 14.9. The average molecular weight is 444 g/mol. The summed E-state index contributed by atoms with van der Waals surface area (Å²) >= 11 is 0. The van der Waals surface area contributed by atoms with Crippen molar-refractivity contribution >= 4 is 24.1 Å². The fourth-order valence-corrected chi connectivity index (χ4v) is 5.75. The first-order valence-corrected chi connectivity index (χ1v) is 12.1. The summed E-state index contributed by atoms with van der Waals surface area (Å²) in [5, 5.41) is -0.514. The maximum Gasteiger partial charge on any atom is 0.0905 e. The summed E-state index contributed by atoms with van der Waals surface area (Å²) < 4.78 is 0. The van der Waals surface area contributed by atoms with Crippen molar-refractivity contribution in [3.8, 4) is 0 Å². The number of hydrogen-bond acceptors (Lipinski definition) is 2. The second kappa shape index (κ2) is 8.78. The Balaban J connectivity index is 2.00. The fourth-order valence-electron chi connectivity index (χ4n) is 4.72. The van der Waals surface area contributed by atoms with Gasteiger partial charge in [0.15, 0.2) is 0 Å². The zero-order chi connectivity index (χ0) is 22.1. The van der Waals surface area contributed by atoms with Crippen molar-refractivity contribution in [2.75, 3.05) is 6.16 Å². The maximum absolute atomic E-state index is 4.83. The molecule has 0 spiro atoms. The molecular formula is C27H30N2P2. The molecule has 2 heterocycles. The molecule has 31 heavy (non-hydrogen) atoms. The Morgan fingerprint density at radius 1 is 0.806 bits per heavy atom. The third kappa shape index (κ3) is 4.05. The highest BCUT2D eigenvalue weighted by molar-refractivity contribution is 7.19. The smallest absolute Gasteiger partial charge is 0.0905 e. The predicted molar refractivity (Wildman–Crippen MR) is 138 cm³/mol. The van der Waals surface area contributed by atoms with E-state index in [1.165, 1.54) is 22.3 Å². The van der Waals surface area contributed by atoms with Crippen LogP contribution in [0.1, 0.15) is 37.7 Å². The molecule has 0 fully saturated rings. The molecule has 1 aromatic carbocycles. The average Bonchev–Trinajstić information content (AvgIpc) is 3.21. The number of rotatable bonds is 5. The molecule has 1 aliphatic rings. The molecule has 0 N–H and O–H groups in total. The van der Waals surface area contributed by atoms with Crippen LogP contribution < -0.4 is 0 Å². The fraction of sp³-hybridized carbons (Fsp3) is 0.259. The van der Waals surface area contributed by atoms with Gasteiger partial charge in [0.25, 0.3) is 0 Å². The summed E-state index contributed by atoms with van der Waals surface area (Å²) in [6.45, 7) is 7.01. The van der Waals surface area contributed by atoms with E-state index in [0.717, 1.165) is 17.5 Å². The SMILES string of the molecule is CC(C)(C)C1C(c2ccccc2)=CC(CP)=C1C(P)(c1ccccn1)c1ccccn1. The minimum Gasteiger partial charge on any atom is -0.260 e. The molecule has 3 unspecified atom stereocenters. The highest BCUT2D eigenvalue weighted by Crippen LogP contribution is 2.58. The number of benzene rings is 1. The summed E-state index contributed by atoms with van der Waals surface area (Å²) in [5.41, 5.74) is 7.39. The van der Waals surface area contributed by atoms with Crippen molar-refractivity contribution in [1.82, 2.24) is 9.97 Å². The minimum atomic E-state index is -0.514. The summed E-state index contributed by atoms with van der Waals surface area (Å²) in [6, 6.07) is 23.1. The molecule has 158 valence electrons. The molecule has 0 radical (unpaired) electrons. The summed E-state index contributed by atoms with van der Waals surface area (Å²) in [5.74, 6) is 0.229. The van der Waals surface area contributed by atoms with Gasteiger partial charge in [0.05, 0.1) is 16.5 Å². The van der Waals surface area contributed by atoms with E-state index >= 15 is 0 Å². The molecule has 0 bridgehead atoms. The van der Waals surface area contributed by atoms with Gasteiger partial charge in [-0.3, -0.25) is 9.97 Å². The molecule has 0 saturated carbocycles. The van der Waals surface area contributed by atoms with Crippen LogP contribution in [0.15, 0.2) is 96.3 Å². The Morgan fingerprint density at radius 3 is 1.81 bits per heavy atom. The van der Waals surface area contributed by atoms with Crippen molar-refractivity contribution in [3.05, 3.63) is 113 Å². The summed E-state index contributed by atoms with van der Waals surface area (Å²) in [6.07, 6.45) is 7.04. The van der Waals surface area contributed by atoms with Crippen LogP contribution in [0.2, 0.25) is 0 Å². The third-order valence-electron chi connectivity index (χ3n) is 6.03. The van der Waals surface area contributed by atoms with Gasteiger partial charge in [-0.2, -0.15) is 0 Å². The van der Waals surface area contributed by atoms with Crippen LogP contribution in [0.4, 0.5) is 0 Å². The predicted octanol–water partition coefficient (Wildman–Crippen LogP) is 6.53. The van der Waals surface area contributed by atoms with Crippen LogP contribution in [0.25, 0.3) is 5.57 Å². The monoisotopic (exact) mass is 444 g/mol. The highest BCUT2D eigenvalue weighted by Gasteiger charge is 2.48. The number of pyridine rings is 2. The van der Waals surface area contributed by atoms with Crippen LogP contribution in [-0.2, 0) is 5.16 Å². The van der Waals surface area contributed by atoms with Crippen LogP contribution in [0.5, 0.6) is 0 Å². The largest absolute Gasteiger partial charge is 0.260 e. The van der Waals surface area contributed by atoms with E-state index in [4.69, 9.17) is 9.97 Å². The Morgan fingerprint density at radius 2 is 1.35 bits per heavy atom. The topological polar surface area (TPSA) is 25.8 Å². The van der Waals surface area contributed by atoms with Crippen LogP contribution in [-0.4, -0.2) is 16.1 Å². The number of nitrogens with zero attached hydrogens (tertiary/aromatic N) is 2. The van der Waals surface area contributed by atoms with E-state index in [1.54, 1.807) is 0 Å². The van der Waals surface area contributed by atoms with E-state index < -0.39 is 5.16 Å². The lowest BCUT2D eigenvalue weighted by atomic mass is 9.67. The van der Waals surface area contributed by atoms with Crippen molar-refractivity contribution in [1.29, 1.82) is 0 Å². The number of hydrogen-bond donors (Lipinski definition) is 0.